The van der Waals surface area contributed by atoms with Crippen molar-refractivity contribution in [1.29, 1.82) is 0 Å². The minimum Gasteiger partial charge on any atom is -0.368 e. The summed E-state index contributed by atoms with van der Waals surface area (Å²) < 4.78 is 0. The predicted octanol–water partition coefficient (Wildman–Crippen LogP) is 3.11. The minimum atomic E-state index is -0.113. The van der Waals surface area contributed by atoms with Crippen molar-refractivity contribution in [1.82, 2.24) is 15.3 Å². The number of amides is 1. The van der Waals surface area contributed by atoms with Gasteiger partial charge in [0, 0.05) is 36.3 Å². The van der Waals surface area contributed by atoms with E-state index in [1.54, 1.807) is 0 Å². The molecule has 1 atom stereocenters. The highest BCUT2D eigenvalue weighted by atomic mass is 16.1. The number of pyridine rings is 1. The lowest BCUT2D eigenvalue weighted by atomic mass is 10.1. The van der Waals surface area contributed by atoms with Crippen molar-refractivity contribution in [2.75, 3.05) is 18.0 Å². The summed E-state index contributed by atoms with van der Waals surface area (Å²) in [4.78, 5) is 21.6. The van der Waals surface area contributed by atoms with Crippen molar-refractivity contribution in [3.63, 3.8) is 0 Å². The third-order valence-corrected chi connectivity index (χ3v) is 4.69. The number of carbonyl (C=O) groups is 1. The van der Waals surface area contributed by atoms with E-state index in [-0.39, 0.29) is 11.9 Å². The SMILES string of the molecule is C=CC(=O)N[C@H]1CCN(c2cnc3[nH]cc(-c4ccccc4)c3c2)C1. The van der Waals surface area contributed by atoms with Crippen molar-refractivity contribution in [3.8, 4) is 11.1 Å². The number of carbonyl (C=O) groups excluding carboxylic acids is 1. The van der Waals surface area contributed by atoms with Crippen LogP contribution in [0.5, 0.6) is 0 Å². The van der Waals surface area contributed by atoms with Crippen molar-refractivity contribution >= 4 is 22.6 Å². The van der Waals surface area contributed by atoms with E-state index in [9.17, 15) is 4.79 Å². The minimum absolute atomic E-state index is 0.113. The molecular formula is C20H20N4O. The largest absolute Gasteiger partial charge is 0.368 e. The van der Waals surface area contributed by atoms with Gasteiger partial charge in [-0.05, 0) is 24.1 Å². The van der Waals surface area contributed by atoms with Crippen LogP contribution in [0.3, 0.4) is 0 Å². The fourth-order valence-corrected chi connectivity index (χ4v) is 3.39. The van der Waals surface area contributed by atoms with Gasteiger partial charge in [-0.1, -0.05) is 36.9 Å². The maximum absolute atomic E-state index is 11.5. The lowest BCUT2D eigenvalue weighted by Crippen LogP contribution is -2.36. The van der Waals surface area contributed by atoms with Crippen LogP contribution in [0.4, 0.5) is 5.69 Å². The second-order valence-corrected chi connectivity index (χ2v) is 6.30. The number of aromatic nitrogens is 2. The van der Waals surface area contributed by atoms with Crippen LogP contribution in [0.25, 0.3) is 22.2 Å². The Morgan fingerprint density at radius 2 is 2.20 bits per heavy atom. The highest BCUT2D eigenvalue weighted by Crippen LogP contribution is 2.31. The first-order valence-corrected chi connectivity index (χ1v) is 8.45. The molecule has 1 amide bonds. The smallest absolute Gasteiger partial charge is 0.243 e. The molecular weight excluding hydrogens is 312 g/mol. The summed E-state index contributed by atoms with van der Waals surface area (Å²) in [5, 5.41) is 4.09. The molecule has 1 aromatic carbocycles. The van der Waals surface area contributed by atoms with Crippen molar-refractivity contribution < 1.29 is 4.79 Å². The number of anilines is 1. The van der Waals surface area contributed by atoms with Crippen LogP contribution in [0.15, 0.2) is 61.4 Å². The van der Waals surface area contributed by atoms with E-state index >= 15 is 0 Å². The zero-order valence-electron chi connectivity index (χ0n) is 13.9. The van der Waals surface area contributed by atoms with E-state index in [1.165, 1.54) is 11.6 Å². The van der Waals surface area contributed by atoms with Gasteiger partial charge in [-0.3, -0.25) is 4.79 Å². The molecule has 2 N–H and O–H groups in total. The molecule has 0 unspecified atom stereocenters. The summed E-state index contributed by atoms with van der Waals surface area (Å²) in [6, 6.07) is 12.6. The number of rotatable bonds is 4. The molecule has 0 aliphatic carbocycles. The first-order chi connectivity index (χ1) is 12.2. The van der Waals surface area contributed by atoms with E-state index in [2.05, 4.69) is 45.0 Å². The first kappa shape index (κ1) is 15.4. The Morgan fingerprint density at radius 1 is 1.36 bits per heavy atom. The summed E-state index contributed by atoms with van der Waals surface area (Å²) in [5.41, 5.74) is 4.30. The molecule has 0 spiro atoms. The van der Waals surface area contributed by atoms with Crippen LogP contribution < -0.4 is 10.2 Å². The molecule has 126 valence electrons. The molecule has 0 saturated carbocycles. The molecule has 3 heterocycles. The standard InChI is InChI=1S/C20H20N4O/c1-2-19(25)23-15-8-9-24(13-15)16-10-17-18(12-22-20(17)21-11-16)14-6-4-3-5-7-14/h2-7,10-12,15H,1,8-9,13H2,(H,21,22)(H,23,25)/t15-/m0/s1. The molecule has 1 saturated heterocycles. The second kappa shape index (κ2) is 6.43. The molecule has 4 rings (SSSR count). The van der Waals surface area contributed by atoms with Gasteiger partial charge in [0.05, 0.1) is 11.9 Å². The average molecular weight is 332 g/mol. The van der Waals surface area contributed by atoms with Gasteiger partial charge < -0.3 is 15.2 Å². The molecule has 5 heteroatoms. The normalized spacial score (nSPS) is 17.0. The number of H-pyrrole nitrogens is 1. The Balaban J connectivity index is 1.61. The van der Waals surface area contributed by atoms with Crippen molar-refractivity contribution in [3.05, 3.63) is 61.4 Å². The molecule has 25 heavy (non-hydrogen) atoms. The molecule has 0 bridgehead atoms. The molecule has 2 aromatic heterocycles. The second-order valence-electron chi connectivity index (χ2n) is 6.30. The topological polar surface area (TPSA) is 61.0 Å². The summed E-state index contributed by atoms with van der Waals surface area (Å²) >= 11 is 0. The number of hydrogen-bond donors (Lipinski definition) is 2. The highest BCUT2D eigenvalue weighted by Gasteiger charge is 2.24. The van der Waals surface area contributed by atoms with E-state index < -0.39 is 0 Å². The fourth-order valence-electron chi connectivity index (χ4n) is 3.39. The Kier molecular flexibility index (Phi) is 3.98. The summed E-state index contributed by atoms with van der Waals surface area (Å²) in [5.74, 6) is -0.113. The van der Waals surface area contributed by atoms with Crippen LogP contribution in [-0.4, -0.2) is 35.0 Å². The molecule has 5 nitrogen and oxygen atoms in total. The van der Waals surface area contributed by atoms with Gasteiger partial charge in [-0.15, -0.1) is 0 Å². The summed E-state index contributed by atoms with van der Waals surface area (Å²) in [7, 11) is 0. The van der Waals surface area contributed by atoms with E-state index in [0.717, 1.165) is 41.8 Å². The monoisotopic (exact) mass is 332 g/mol. The molecule has 0 radical (unpaired) electrons. The number of benzene rings is 1. The summed E-state index contributed by atoms with van der Waals surface area (Å²) in [6.07, 6.45) is 6.15. The Morgan fingerprint density at radius 3 is 3.00 bits per heavy atom. The number of aromatic amines is 1. The molecule has 1 aliphatic heterocycles. The highest BCUT2D eigenvalue weighted by molar-refractivity contribution is 5.95. The van der Waals surface area contributed by atoms with Crippen molar-refractivity contribution in [2.24, 2.45) is 0 Å². The number of nitrogens with one attached hydrogen (secondary N) is 2. The van der Waals surface area contributed by atoms with Gasteiger partial charge in [-0.2, -0.15) is 0 Å². The Bertz CT molecular complexity index is 916. The number of hydrogen-bond acceptors (Lipinski definition) is 3. The van der Waals surface area contributed by atoms with Gasteiger partial charge >= 0.3 is 0 Å². The van der Waals surface area contributed by atoms with Gasteiger partial charge in [0.15, 0.2) is 0 Å². The molecule has 1 fully saturated rings. The Hall–Kier alpha value is -3.08. The first-order valence-electron chi connectivity index (χ1n) is 8.45. The van der Waals surface area contributed by atoms with Crippen molar-refractivity contribution in [2.45, 2.75) is 12.5 Å². The average Bonchev–Trinajstić information content (AvgIpc) is 3.28. The van der Waals surface area contributed by atoms with E-state index in [0.29, 0.717) is 0 Å². The van der Waals surface area contributed by atoms with Crippen LogP contribution in [0.1, 0.15) is 6.42 Å². The lowest BCUT2D eigenvalue weighted by molar-refractivity contribution is -0.117. The summed E-state index contributed by atoms with van der Waals surface area (Å²) in [6.45, 7) is 5.20. The van der Waals surface area contributed by atoms with Crippen LogP contribution >= 0.6 is 0 Å². The third-order valence-electron chi connectivity index (χ3n) is 4.69. The quantitative estimate of drug-likeness (QED) is 0.722. The van der Waals surface area contributed by atoms with Gasteiger partial charge in [-0.25, -0.2) is 4.98 Å². The van der Waals surface area contributed by atoms with Crippen LogP contribution in [-0.2, 0) is 4.79 Å². The van der Waals surface area contributed by atoms with E-state index in [4.69, 9.17) is 0 Å². The van der Waals surface area contributed by atoms with E-state index in [1.807, 2.05) is 30.6 Å². The number of fused-ring (bicyclic) bond motifs is 1. The van der Waals surface area contributed by atoms with Crippen LogP contribution in [0.2, 0.25) is 0 Å². The molecule has 1 aliphatic rings. The maximum Gasteiger partial charge on any atom is 0.243 e. The zero-order chi connectivity index (χ0) is 17.2. The lowest BCUT2D eigenvalue weighted by Gasteiger charge is -2.18. The zero-order valence-corrected chi connectivity index (χ0v) is 13.9. The predicted molar refractivity (Wildman–Crippen MR) is 100 cm³/mol. The fraction of sp³-hybridized carbons (Fsp3) is 0.200. The number of nitrogens with zero attached hydrogens (tertiary/aromatic N) is 2. The van der Waals surface area contributed by atoms with Gasteiger partial charge in [0.25, 0.3) is 0 Å². The van der Waals surface area contributed by atoms with Crippen LogP contribution in [0, 0.1) is 0 Å². The molecule has 3 aromatic rings. The maximum atomic E-state index is 11.5. The third kappa shape index (κ3) is 3.01. The Labute approximate surface area is 146 Å². The van der Waals surface area contributed by atoms with Gasteiger partial charge in [0.1, 0.15) is 5.65 Å². The van der Waals surface area contributed by atoms with Gasteiger partial charge in [0.2, 0.25) is 5.91 Å².